The zero-order valence-electron chi connectivity index (χ0n) is 15.2. The molecule has 4 heterocycles. The second-order valence-electron chi connectivity index (χ2n) is 6.83. The van der Waals surface area contributed by atoms with E-state index in [0.717, 1.165) is 5.56 Å². The van der Waals surface area contributed by atoms with Gasteiger partial charge in [0.05, 0.1) is 17.0 Å². The van der Waals surface area contributed by atoms with Gasteiger partial charge in [-0.15, -0.1) is 0 Å². The lowest BCUT2D eigenvalue weighted by Gasteiger charge is -2.21. The quantitative estimate of drug-likeness (QED) is 0.534. The fraction of sp³-hybridized carbons (Fsp3) is 0.143. The molecule has 4 aromatic rings. The summed E-state index contributed by atoms with van der Waals surface area (Å²) in [5.41, 5.74) is 2.06. The summed E-state index contributed by atoms with van der Waals surface area (Å²) in [7, 11) is 0. The molecule has 7 nitrogen and oxygen atoms in total. The van der Waals surface area contributed by atoms with Gasteiger partial charge in [0.15, 0.2) is 11.2 Å². The number of carbonyl (C=O) groups excluding carboxylic acids is 1. The third-order valence-electron chi connectivity index (χ3n) is 4.89. The molecular formula is C21H15N3O4. The Balaban J connectivity index is 1.84. The molecular weight excluding hydrogens is 358 g/mol. The number of hydrogen-bond donors (Lipinski definition) is 0. The molecule has 1 aromatic carbocycles. The number of rotatable bonds is 2. The molecule has 1 atom stereocenters. The summed E-state index contributed by atoms with van der Waals surface area (Å²) in [5, 5.41) is 4.43. The Labute approximate surface area is 159 Å². The number of fused-ring (bicyclic) bond motifs is 2. The third kappa shape index (κ3) is 2.29. The fourth-order valence-electron chi connectivity index (χ4n) is 3.64. The van der Waals surface area contributed by atoms with Gasteiger partial charge in [-0.1, -0.05) is 22.9 Å². The van der Waals surface area contributed by atoms with Crippen LogP contribution in [0.4, 0.5) is 5.82 Å². The van der Waals surface area contributed by atoms with Crippen LogP contribution in [0.5, 0.6) is 0 Å². The van der Waals surface area contributed by atoms with Gasteiger partial charge < -0.3 is 8.94 Å². The first-order valence-corrected chi connectivity index (χ1v) is 8.79. The van der Waals surface area contributed by atoms with Gasteiger partial charge in [-0.2, -0.15) is 0 Å². The maximum Gasteiger partial charge on any atom is 0.296 e. The van der Waals surface area contributed by atoms with E-state index < -0.39 is 11.9 Å². The van der Waals surface area contributed by atoms with Crippen molar-refractivity contribution in [3.63, 3.8) is 0 Å². The van der Waals surface area contributed by atoms with E-state index in [9.17, 15) is 9.59 Å². The molecule has 0 bridgehead atoms. The first-order chi connectivity index (χ1) is 13.5. The van der Waals surface area contributed by atoms with Crippen LogP contribution in [0.25, 0.3) is 11.0 Å². The van der Waals surface area contributed by atoms with Crippen molar-refractivity contribution >= 4 is 22.7 Å². The molecule has 28 heavy (non-hydrogen) atoms. The monoisotopic (exact) mass is 373 g/mol. The Kier molecular flexibility index (Phi) is 3.45. The van der Waals surface area contributed by atoms with Gasteiger partial charge in [0.2, 0.25) is 5.76 Å². The highest BCUT2D eigenvalue weighted by Crippen LogP contribution is 2.40. The van der Waals surface area contributed by atoms with Gasteiger partial charge in [-0.05, 0) is 37.6 Å². The molecule has 1 aliphatic rings. The van der Waals surface area contributed by atoms with Crippen molar-refractivity contribution in [1.82, 2.24) is 10.1 Å². The van der Waals surface area contributed by atoms with Gasteiger partial charge in [0.25, 0.3) is 5.91 Å². The lowest BCUT2D eigenvalue weighted by atomic mass is 9.99. The van der Waals surface area contributed by atoms with Crippen molar-refractivity contribution in [3.8, 4) is 0 Å². The lowest BCUT2D eigenvalue weighted by molar-refractivity contribution is 0.0969. The number of aromatic nitrogens is 2. The van der Waals surface area contributed by atoms with Crippen LogP contribution in [0.15, 0.2) is 62.5 Å². The molecule has 138 valence electrons. The van der Waals surface area contributed by atoms with Crippen LogP contribution < -0.4 is 10.3 Å². The van der Waals surface area contributed by atoms with E-state index in [1.165, 1.54) is 4.90 Å². The number of anilines is 1. The van der Waals surface area contributed by atoms with Crippen LogP contribution >= 0.6 is 0 Å². The summed E-state index contributed by atoms with van der Waals surface area (Å²) < 4.78 is 11.1. The van der Waals surface area contributed by atoms with Gasteiger partial charge in [0, 0.05) is 18.5 Å². The normalized spacial score (nSPS) is 16.0. The topological polar surface area (TPSA) is 89.4 Å². The van der Waals surface area contributed by atoms with Crippen LogP contribution in [0.3, 0.4) is 0 Å². The Morgan fingerprint density at radius 3 is 2.68 bits per heavy atom. The summed E-state index contributed by atoms with van der Waals surface area (Å²) in [4.78, 5) is 32.2. The summed E-state index contributed by atoms with van der Waals surface area (Å²) in [5.74, 6) is 0.471. The second kappa shape index (κ2) is 5.88. The van der Waals surface area contributed by atoms with Crippen molar-refractivity contribution in [2.24, 2.45) is 0 Å². The number of hydrogen-bond acceptors (Lipinski definition) is 6. The molecule has 0 saturated carbocycles. The van der Waals surface area contributed by atoms with Gasteiger partial charge in [-0.3, -0.25) is 19.5 Å². The molecule has 1 amide bonds. The molecule has 0 fully saturated rings. The first kappa shape index (κ1) is 16.4. The average Bonchev–Trinajstić information content (AvgIpc) is 3.24. The number of carbonyl (C=O) groups is 1. The van der Waals surface area contributed by atoms with Crippen LogP contribution in [-0.2, 0) is 0 Å². The maximum atomic E-state index is 13.4. The van der Waals surface area contributed by atoms with Crippen molar-refractivity contribution in [3.05, 3.63) is 87.2 Å². The van der Waals surface area contributed by atoms with Gasteiger partial charge in [-0.25, -0.2) is 0 Å². The molecule has 1 aliphatic heterocycles. The van der Waals surface area contributed by atoms with E-state index in [-0.39, 0.29) is 16.8 Å². The molecule has 3 aromatic heterocycles. The van der Waals surface area contributed by atoms with E-state index in [1.807, 2.05) is 19.1 Å². The zero-order chi connectivity index (χ0) is 19.4. The minimum absolute atomic E-state index is 0.0239. The molecule has 7 heteroatoms. The van der Waals surface area contributed by atoms with Gasteiger partial charge >= 0.3 is 0 Å². The molecule has 0 radical (unpaired) electrons. The van der Waals surface area contributed by atoms with Gasteiger partial charge in [0.1, 0.15) is 11.3 Å². The van der Waals surface area contributed by atoms with E-state index >= 15 is 0 Å². The summed E-state index contributed by atoms with van der Waals surface area (Å²) >= 11 is 0. The van der Waals surface area contributed by atoms with Crippen LogP contribution in [0.2, 0.25) is 0 Å². The molecule has 0 N–H and O–H groups in total. The molecule has 0 spiro atoms. The summed E-state index contributed by atoms with van der Waals surface area (Å²) in [6, 6.07) is 9.87. The number of pyridine rings is 1. The SMILES string of the molecule is Cc1ccc2oc3c(c(=O)c2c1)[C@@H](c1cccnc1)N(c1cc(C)on1)C3=O. The largest absolute Gasteiger partial charge is 0.450 e. The van der Waals surface area contributed by atoms with Crippen molar-refractivity contribution in [2.75, 3.05) is 4.90 Å². The number of aryl methyl sites for hydroxylation is 2. The molecule has 0 saturated heterocycles. The molecule has 5 rings (SSSR count). The minimum atomic E-state index is -0.693. The summed E-state index contributed by atoms with van der Waals surface area (Å²) in [6.45, 7) is 3.64. The Bertz CT molecular complexity index is 1290. The molecule has 0 aliphatic carbocycles. The van der Waals surface area contributed by atoms with E-state index in [0.29, 0.717) is 28.1 Å². The first-order valence-electron chi connectivity index (χ1n) is 8.79. The Morgan fingerprint density at radius 1 is 1.11 bits per heavy atom. The Hall–Kier alpha value is -3.74. The van der Waals surface area contributed by atoms with E-state index in [1.54, 1.807) is 43.6 Å². The van der Waals surface area contributed by atoms with E-state index in [4.69, 9.17) is 8.94 Å². The predicted octanol–water partition coefficient (Wildman–Crippen LogP) is 3.54. The summed E-state index contributed by atoms with van der Waals surface area (Å²) in [6.07, 6.45) is 3.27. The van der Waals surface area contributed by atoms with Crippen LogP contribution in [0, 0.1) is 13.8 Å². The minimum Gasteiger partial charge on any atom is -0.450 e. The highest BCUT2D eigenvalue weighted by molar-refractivity contribution is 6.10. The number of benzene rings is 1. The second-order valence-corrected chi connectivity index (χ2v) is 6.83. The van der Waals surface area contributed by atoms with Crippen LogP contribution in [0.1, 0.15) is 39.0 Å². The molecule has 0 unspecified atom stereocenters. The maximum absolute atomic E-state index is 13.4. The lowest BCUT2D eigenvalue weighted by Crippen LogP contribution is -2.29. The highest BCUT2D eigenvalue weighted by Gasteiger charge is 2.45. The van der Waals surface area contributed by atoms with Crippen molar-refractivity contribution < 1.29 is 13.7 Å². The number of nitrogens with zero attached hydrogens (tertiary/aromatic N) is 3. The van der Waals surface area contributed by atoms with Crippen molar-refractivity contribution in [1.29, 1.82) is 0 Å². The van der Waals surface area contributed by atoms with Crippen LogP contribution in [-0.4, -0.2) is 16.0 Å². The highest BCUT2D eigenvalue weighted by atomic mass is 16.5. The average molecular weight is 373 g/mol. The zero-order valence-corrected chi connectivity index (χ0v) is 15.2. The van der Waals surface area contributed by atoms with Crippen molar-refractivity contribution in [2.45, 2.75) is 19.9 Å². The van der Waals surface area contributed by atoms with E-state index in [2.05, 4.69) is 10.1 Å². The number of amides is 1. The fourth-order valence-corrected chi connectivity index (χ4v) is 3.64. The Morgan fingerprint density at radius 2 is 1.96 bits per heavy atom. The predicted molar refractivity (Wildman–Crippen MR) is 101 cm³/mol. The standard InChI is InChI=1S/C21H15N3O4/c1-11-5-6-15-14(8-11)19(25)17-18(13-4-3-7-22-10-13)24(21(26)20(17)27-15)16-9-12(2)28-23-16/h3-10,18H,1-2H3/t18-/m1/s1. The third-order valence-corrected chi connectivity index (χ3v) is 4.89. The smallest absolute Gasteiger partial charge is 0.296 e.